The number of carbonyl (C=O) groups excluding carboxylic acids is 1. The van der Waals surface area contributed by atoms with Gasteiger partial charge in [0.1, 0.15) is 12.4 Å². The summed E-state index contributed by atoms with van der Waals surface area (Å²) in [5.74, 6) is 0.863. The van der Waals surface area contributed by atoms with E-state index in [1.54, 1.807) is 0 Å². The van der Waals surface area contributed by atoms with Crippen LogP contribution in [0.25, 0.3) is 0 Å². The third-order valence-electron chi connectivity index (χ3n) is 2.45. The molecule has 0 unspecified atom stereocenters. The number of benzene rings is 1. The van der Waals surface area contributed by atoms with Crippen LogP contribution in [-0.2, 0) is 11.3 Å². The number of fused-ring (bicyclic) bond motifs is 1. The van der Waals surface area contributed by atoms with Gasteiger partial charge in [0.2, 0.25) is 6.08 Å². The van der Waals surface area contributed by atoms with Gasteiger partial charge < -0.3 is 9.64 Å². The van der Waals surface area contributed by atoms with Crippen LogP contribution in [0.4, 0.5) is 5.69 Å². The fraction of sp³-hybridized carbons (Fsp3) is 0.364. The number of hydrogen-bond donors (Lipinski definition) is 0. The zero-order valence-electron chi connectivity index (χ0n) is 8.56. The number of hydrogen-bond acceptors (Lipinski definition) is 4. The fourth-order valence-electron chi connectivity index (χ4n) is 1.62. The third-order valence-corrected chi connectivity index (χ3v) is 2.45. The van der Waals surface area contributed by atoms with E-state index >= 15 is 0 Å². The Kier molecular flexibility index (Phi) is 2.70. The third kappa shape index (κ3) is 2.00. The van der Waals surface area contributed by atoms with Crippen LogP contribution < -0.4 is 9.64 Å². The Morgan fingerprint density at radius 3 is 3.27 bits per heavy atom. The van der Waals surface area contributed by atoms with Crippen molar-refractivity contribution in [2.45, 2.75) is 6.54 Å². The molecular weight excluding hydrogens is 192 g/mol. The van der Waals surface area contributed by atoms with E-state index in [1.165, 1.54) is 6.08 Å². The van der Waals surface area contributed by atoms with Crippen molar-refractivity contribution in [2.24, 2.45) is 4.99 Å². The van der Waals surface area contributed by atoms with Crippen molar-refractivity contribution >= 4 is 11.8 Å². The zero-order chi connectivity index (χ0) is 10.7. The summed E-state index contributed by atoms with van der Waals surface area (Å²) in [6.45, 7) is 1.96. The van der Waals surface area contributed by atoms with Gasteiger partial charge in [0.15, 0.2) is 0 Å². The van der Waals surface area contributed by atoms with Crippen LogP contribution in [0.2, 0.25) is 0 Å². The number of likely N-dealkylation sites (N-methyl/N-ethyl adjacent to an activating group) is 1. The van der Waals surface area contributed by atoms with Crippen molar-refractivity contribution < 1.29 is 9.53 Å². The number of isocyanates is 1. The predicted octanol–water partition coefficient (Wildman–Crippen LogP) is 1.35. The summed E-state index contributed by atoms with van der Waals surface area (Å²) in [5.41, 5.74) is 2.05. The van der Waals surface area contributed by atoms with Crippen LogP contribution in [-0.4, -0.2) is 26.3 Å². The summed E-state index contributed by atoms with van der Waals surface area (Å²) in [4.78, 5) is 15.7. The fourth-order valence-corrected chi connectivity index (χ4v) is 1.62. The van der Waals surface area contributed by atoms with Gasteiger partial charge in [-0.2, -0.15) is 0 Å². The molecule has 78 valence electrons. The first-order valence-electron chi connectivity index (χ1n) is 4.82. The summed E-state index contributed by atoms with van der Waals surface area (Å²) in [7, 11) is 2.03. The normalized spacial score (nSPS) is 13.8. The first kappa shape index (κ1) is 9.74. The molecule has 0 atom stereocenters. The van der Waals surface area contributed by atoms with Crippen molar-refractivity contribution in [1.29, 1.82) is 0 Å². The molecule has 1 heterocycles. The Morgan fingerprint density at radius 2 is 2.47 bits per heavy atom. The highest BCUT2D eigenvalue weighted by atomic mass is 16.5. The van der Waals surface area contributed by atoms with E-state index in [1.807, 2.05) is 25.2 Å². The largest absolute Gasteiger partial charge is 0.490 e. The number of anilines is 1. The molecule has 15 heavy (non-hydrogen) atoms. The molecule has 1 aliphatic heterocycles. The number of aliphatic imine (C=N–C) groups is 1. The molecule has 0 saturated carbocycles. The molecule has 1 aromatic carbocycles. The molecule has 1 aromatic rings. The Morgan fingerprint density at radius 1 is 1.60 bits per heavy atom. The topological polar surface area (TPSA) is 41.9 Å². The lowest BCUT2D eigenvalue weighted by Crippen LogP contribution is -2.28. The molecule has 0 N–H and O–H groups in total. The maximum Gasteiger partial charge on any atom is 0.235 e. The Labute approximate surface area is 88.2 Å². The van der Waals surface area contributed by atoms with E-state index in [0.717, 1.165) is 23.5 Å². The first-order valence-corrected chi connectivity index (χ1v) is 4.82. The summed E-state index contributed by atoms with van der Waals surface area (Å²) < 4.78 is 5.53. The standard InChI is InChI=1S/C11H12N2O2/c1-13-4-5-15-11-6-9(7-12-8-14)2-3-10(11)13/h2-3,6H,4-5,7H2,1H3. The Bertz CT molecular complexity index is 411. The van der Waals surface area contributed by atoms with Gasteiger partial charge in [-0.1, -0.05) is 6.07 Å². The van der Waals surface area contributed by atoms with Crippen LogP contribution in [0.1, 0.15) is 5.56 Å². The molecule has 0 saturated heterocycles. The summed E-state index contributed by atoms with van der Waals surface area (Å²) in [5, 5.41) is 0. The van der Waals surface area contributed by atoms with Gasteiger partial charge in [0, 0.05) is 7.05 Å². The van der Waals surface area contributed by atoms with E-state index in [4.69, 9.17) is 4.74 Å². The molecule has 2 rings (SSSR count). The summed E-state index contributed by atoms with van der Waals surface area (Å²) in [6, 6.07) is 5.86. The van der Waals surface area contributed by atoms with Crippen LogP contribution in [0.5, 0.6) is 5.75 Å². The molecule has 0 bridgehead atoms. The first-order chi connectivity index (χ1) is 7.31. The molecule has 0 aliphatic carbocycles. The zero-order valence-corrected chi connectivity index (χ0v) is 8.56. The average molecular weight is 204 g/mol. The molecule has 0 spiro atoms. The van der Waals surface area contributed by atoms with E-state index in [2.05, 4.69) is 9.89 Å². The van der Waals surface area contributed by atoms with Gasteiger partial charge in [-0.05, 0) is 17.7 Å². The monoisotopic (exact) mass is 204 g/mol. The van der Waals surface area contributed by atoms with Gasteiger partial charge in [-0.3, -0.25) is 0 Å². The second-order valence-electron chi connectivity index (χ2n) is 3.48. The van der Waals surface area contributed by atoms with Crippen molar-refractivity contribution in [3.8, 4) is 5.75 Å². The number of ether oxygens (including phenoxy) is 1. The second kappa shape index (κ2) is 4.15. The molecule has 1 aliphatic rings. The molecular formula is C11H12N2O2. The quantitative estimate of drug-likeness (QED) is 0.539. The van der Waals surface area contributed by atoms with Crippen LogP contribution in [0.15, 0.2) is 23.2 Å². The second-order valence-corrected chi connectivity index (χ2v) is 3.48. The minimum Gasteiger partial charge on any atom is -0.490 e. The predicted molar refractivity (Wildman–Crippen MR) is 57.0 cm³/mol. The lowest BCUT2D eigenvalue weighted by Gasteiger charge is -2.27. The van der Waals surface area contributed by atoms with Crippen molar-refractivity contribution in [3.63, 3.8) is 0 Å². The van der Waals surface area contributed by atoms with Gasteiger partial charge in [0.05, 0.1) is 18.8 Å². The average Bonchev–Trinajstić information content (AvgIpc) is 2.26. The van der Waals surface area contributed by atoms with E-state index in [0.29, 0.717) is 13.2 Å². The van der Waals surface area contributed by atoms with Crippen LogP contribution >= 0.6 is 0 Å². The Hall–Kier alpha value is -1.80. The molecule has 4 heteroatoms. The molecule has 0 fully saturated rings. The smallest absolute Gasteiger partial charge is 0.235 e. The molecule has 0 aromatic heterocycles. The van der Waals surface area contributed by atoms with Gasteiger partial charge in [-0.15, -0.1) is 0 Å². The number of nitrogens with zero attached hydrogens (tertiary/aromatic N) is 2. The van der Waals surface area contributed by atoms with Crippen molar-refractivity contribution in [3.05, 3.63) is 23.8 Å². The van der Waals surface area contributed by atoms with Crippen molar-refractivity contribution in [2.75, 3.05) is 25.1 Å². The van der Waals surface area contributed by atoms with Crippen molar-refractivity contribution in [1.82, 2.24) is 0 Å². The summed E-state index contributed by atoms with van der Waals surface area (Å²) >= 11 is 0. The SMILES string of the molecule is CN1CCOc2cc(CN=C=O)ccc21. The maximum atomic E-state index is 9.99. The summed E-state index contributed by atoms with van der Waals surface area (Å²) in [6.07, 6.45) is 1.53. The minimum atomic E-state index is 0.365. The minimum absolute atomic E-state index is 0.365. The number of rotatable bonds is 2. The molecule has 4 nitrogen and oxygen atoms in total. The van der Waals surface area contributed by atoms with Gasteiger partial charge in [0.25, 0.3) is 0 Å². The Balaban J connectivity index is 2.28. The lowest BCUT2D eigenvalue weighted by molar-refractivity contribution is 0.311. The highest BCUT2D eigenvalue weighted by Gasteiger charge is 2.14. The lowest BCUT2D eigenvalue weighted by atomic mass is 10.1. The van der Waals surface area contributed by atoms with Crippen LogP contribution in [0.3, 0.4) is 0 Å². The molecule has 0 radical (unpaired) electrons. The highest BCUT2D eigenvalue weighted by Crippen LogP contribution is 2.31. The van der Waals surface area contributed by atoms with E-state index < -0.39 is 0 Å². The maximum absolute atomic E-state index is 9.99. The van der Waals surface area contributed by atoms with E-state index in [-0.39, 0.29) is 0 Å². The van der Waals surface area contributed by atoms with E-state index in [9.17, 15) is 4.79 Å². The van der Waals surface area contributed by atoms with Gasteiger partial charge in [-0.25, -0.2) is 9.79 Å². The van der Waals surface area contributed by atoms with Gasteiger partial charge >= 0.3 is 0 Å². The van der Waals surface area contributed by atoms with Crippen LogP contribution in [0, 0.1) is 0 Å². The highest BCUT2D eigenvalue weighted by molar-refractivity contribution is 5.60. The molecule has 0 amide bonds.